The Morgan fingerprint density at radius 3 is 0.753 bits per heavy atom. The van der Waals surface area contributed by atoms with Crippen molar-refractivity contribution in [3.8, 4) is 0 Å². The molecule has 0 saturated heterocycles. The van der Waals surface area contributed by atoms with Crippen LogP contribution in [0, 0.1) is 0 Å². The van der Waals surface area contributed by atoms with Gasteiger partial charge >= 0.3 is 17.9 Å². The topological polar surface area (TPSA) is 78.9 Å². The van der Waals surface area contributed by atoms with Crippen LogP contribution in [0.3, 0.4) is 0 Å². The Morgan fingerprint density at radius 1 is 0.259 bits per heavy atom. The summed E-state index contributed by atoms with van der Waals surface area (Å²) in [5.41, 5.74) is 0. The fourth-order valence-electron chi connectivity index (χ4n) is 8.89. The van der Waals surface area contributed by atoms with E-state index in [1.807, 2.05) is 0 Å². The van der Waals surface area contributed by atoms with Crippen molar-refractivity contribution >= 4 is 17.9 Å². The number of hydrogen-bond donors (Lipinski definition) is 0. The Kier molecular flexibility index (Phi) is 63.9. The van der Waals surface area contributed by atoms with E-state index in [1.54, 1.807) is 0 Å². The minimum atomic E-state index is -0.796. The third-order valence-corrected chi connectivity index (χ3v) is 13.8. The summed E-state index contributed by atoms with van der Waals surface area (Å²) in [7, 11) is 0. The molecule has 0 rings (SSSR count). The zero-order valence-electron chi connectivity index (χ0n) is 52.5. The quantitative estimate of drug-likeness (QED) is 0.0261. The molecule has 0 aliphatic carbocycles. The van der Waals surface area contributed by atoms with Crippen LogP contribution in [0.25, 0.3) is 0 Å². The van der Waals surface area contributed by atoms with Gasteiger partial charge in [-0.05, 0) is 135 Å². The second-order valence-electron chi connectivity index (χ2n) is 21.6. The molecule has 0 saturated carbocycles. The lowest BCUT2D eigenvalue weighted by Gasteiger charge is -2.18. The van der Waals surface area contributed by atoms with Gasteiger partial charge in [0.25, 0.3) is 0 Å². The Bertz CT molecular complexity index is 1760. The Labute approximate surface area is 499 Å². The SMILES string of the molecule is CC/C=C\C/C=C\C/C=C\C/C=C\C/C=C\C/C=C\C/C=C\CCCCCCCCCCCCCC(=O)OCC(COC(=O)CCCCCCC/C=C\C/C=C\CCC)OC(=O)CCCCCCCCC/C=C\C/C=C\C/C=C\CC. The van der Waals surface area contributed by atoms with E-state index in [0.717, 1.165) is 161 Å². The molecule has 0 aromatic carbocycles. The third kappa shape index (κ3) is 66.0. The van der Waals surface area contributed by atoms with Gasteiger partial charge in [0.15, 0.2) is 6.10 Å². The Balaban J connectivity index is 4.27. The van der Waals surface area contributed by atoms with Gasteiger partial charge in [-0.3, -0.25) is 14.4 Å². The summed E-state index contributed by atoms with van der Waals surface area (Å²) in [5, 5.41) is 0. The van der Waals surface area contributed by atoms with Gasteiger partial charge < -0.3 is 14.2 Å². The molecule has 6 nitrogen and oxygen atoms in total. The monoisotopic (exact) mass is 1120 g/mol. The van der Waals surface area contributed by atoms with Gasteiger partial charge in [-0.25, -0.2) is 0 Å². The van der Waals surface area contributed by atoms with Gasteiger partial charge in [0.05, 0.1) is 0 Å². The Morgan fingerprint density at radius 2 is 0.481 bits per heavy atom. The zero-order valence-corrected chi connectivity index (χ0v) is 52.5. The van der Waals surface area contributed by atoms with Gasteiger partial charge in [0, 0.05) is 19.3 Å². The smallest absolute Gasteiger partial charge is 0.306 e. The molecule has 0 spiro atoms. The second kappa shape index (κ2) is 67.8. The first kappa shape index (κ1) is 76.3. The summed E-state index contributed by atoms with van der Waals surface area (Å²) < 4.78 is 16.9. The van der Waals surface area contributed by atoms with E-state index in [-0.39, 0.29) is 31.1 Å². The van der Waals surface area contributed by atoms with Crippen molar-refractivity contribution in [3.63, 3.8) is 0 Å². The van der Waals surface area contributed by atoms with Crippen LogP contribution in [-0.4, -0.2) is 37.2 Å². The largest absolute Gasteiger partial charge is 0.462 e. The number of carbonyl (C=O) groups is 3. The highest BCUT2D eigenvalue weighted by Gasteiger charge is 2.19. The predicted molar refractivity (Wildman–Crippen MR) is 352 cm³/mol. The minimum absolute atomic E-state index is 0.0916. The van der Waals surface area contributed by atoms with E-state index in [4.69, 9.17) is 14.2 Å². The molecular formula is C75H122O6. The predicted octanol–water partition coefficient (Wildman–Crippen LogP) is 23.1. The van der Waals surface area contributed by atoms with Gasteiger partial charge in [0.2, 0.25) is 0 Å². The number of unbranched alkanes of at least 4 members (excludes halogenated alkanes) is 24. The highest BCUT2D eigenvalue weighted by Crippen LogP contribution is 2.16. The van der Waals surface area contributed by atoms with Crippen LogP contribution in [0.2, 0.25) is 0 Å². The molecule has 0 aliphatic rings. The van der Waals surface area contributed by atoms with Crippen molar-refractivity contribution in [1.82, 2.24) is 0 Å². The molecule has 0 bridgehead atoms. The average Bonchev–Trinajstić information content (AvgIpc) is 3.46. The summed E-state index contributed by atoms with van der Waals surface area (Å²) in [6, 6.07) is 0. The lowest BCUT2D eigenvalue weighted by molar-refractivity contribution is -0.167. The van der Waals surface area contributed by atoms with E-state index in [0.29, 0.717) is 19.3 Å². The molecule has 81 heavy (non-hydrogen) atoms. The molecule has 0 fully saturated rings. The fourth-order valence-corrected chi connectivity index (χ4v) is 8.89. The summed E-state index contributed by atoms with van der Waals surface area (Å²) in [6.07, 6.45) is 97.2. The molecule has 0 heterocycles. The first-order chi connectivity index (χ1) is 40.0. The molecule has 1 atom stereocenters. The normalized spacial score (nSPS) is 13.1. The number of hydrogen-bond acceptors (Lipinski definition) is 6. The van der Waals surface area contributed by atoms with Gasteiger partial charge in [-0.1, -0.05) is 282 Å². The van der Waals surface area contributed by atoms with Crippen molar-refractivity contribution in [3.05, 3.63) is 146 Å². The lowest BCUT2D eigenvalue weighted by atomic mass is 10.0. The maximum absolute atomic E-state index is 12.9. The highest BCUT2D eigenvalue weighted by molar-refractivity contribution is 5.71. The fraction of sp³-hybridized carbons (Fsp3) is 0.640. The number of allylic oxidation sites excluding steroid dienone is 24. The van der Waals surface area contributed by atoms with E-state index in [2.05, 4.69) is 167 Å². The van der Waals surface area contributed by atoms with Crippen molar-refractivity contribution in [2.75, 3.05) is 13.2 Å². The first-order valence-corrected chi connectivity index (χ1v) is 33.3. The van der Waals surface area contributed by atoms with Crippen molar-refractivity contribution in [1.29, 1.82) is 0 Å². The van der Waals surface area contributed by atoms with Gasteiger partial charge in [-0.2, -0.15) is 0 Å². The molecule has 6 heteroatoms. The zero-order chi connectivity index (χ0) is 58.5. The summed E-state index contributed by atoms with van der Waals surface area (Å²) in [6.45, 7) is 6.34. The molecule has 0 aromatic rings. The molecule has 0 N–H and O–H groups in total. The van der Waals surface area contributed by atoms with Crippen molar-refractivity contribution in [2.45, 2.75) is 297 Å². The molecule has 0 radical (unpaired) electrons. The van der Waals surface area contributed by atoms with Crippen molar-refractivity contribution < 1.29 is 28.6 Å². The highest BCUT2D eigenvalue weighted by atomic mass is 16.6. The summed E-state index contributed by atoms with van der Waals surface area (Å²) in [4.78, 5) is 38.3. The molecule has 0 amide bonds. The summed E-state index contributed by atoms with van der Waals surface area (Å²) >= 11 is 0. The van der Waals surface area contributed by atoms with Crippen LogP contribution < -0.4 is 0 Å². The first-order valence-electron chi connectivity index (χ1n) is 33.3. The summed E-state index contributed by atoms with van der Waals surface area (Å²) in [5.74, 6) is -0.917. The average molecular weight is 1120 g/mol. The standard InChI is InChI=1S/C75H122O6/c1-4-7-10-13-16-19-22-25-27-29-30-31-32-33-34-35-36-37-38-39-40-41-42-43-44-46-47-50-53-56-59-62-65-68-74(77)80-71-72(70-79-73(76)67-64-61-58-55-52-49-24-21-18-15-12-9-6-3)81-75(78)69-66-63-60-57-54-51-48-45-28-26-23-20-17-14-11-8-5-2/h7-8,10-12,15-17,19-21,24-28,30-31,33-34,36-37,39-40,72H,4-6,9,13-14,18,22-23,29,32,35,38,41-71H2,1-3H3/b10-7-,11-8-,15-12-,19-16-,20-17-,24-21-,27-25-,28-26-,31-30-,34-33-,37-36-,40-39-. The molecular weight excluding hydrogens is 997 g/mol. The minimum Gasteiger partial charge on any atom is -0.462 e. The second-order valence-corrected chi connectivity index (χ2v) is 21.6. The molecule has 1 unspecified atom stereocenters. The number of esters is 3. The van der Waals surface area contributed by atoms with E-state index < -0.39 is 6.10 Å². The van der Waals surface area contributed by atoms with Crippen LogP contribution in [0.1, 0.15) is 290 Å². The third-order valence-electron chi connectivity index (χ3n) is 13.8. The molecule has 0 aliphatic heterocycles. The van der Waals surface area contributed by atoms with E-state index >= 15 is 0 Å². The van der Waals surface area contributed by atoms with Gasteiger partial charge in [-0.15, -0.1) is 0 Å². The maximum atomic E-state index is 12.9. The number of carbonyl (C=O) groups excluding carboxylic acids is 3. The molecule has 0 aromatic heterocycles. The lowest BCUT2D eigenvalue weighted by Crippen LogP contribution is -2.30. The van der Waals surface area contributed by atoms with Crippen LogP contribution in [0.15, 0.2) is 146 Å². The van der Waals surface area contributed by atoms with Crippen LogP contribution in [-0.2, 0) is 28.6 Å². The van der Waals surface area contributed by atoms with E-state index in [1.165, 1.54) is 89.9 Å². The number of rotatable bonds is 59. The van der Waals surface area contributed by atoms with E-state index in [9.17, 15) is 14.4 Å². The number of ether oxygens (including phenoxy) is 3. The molecule has 458 valence electrons. The van der Waals surface area contributed by atoms with Crippen LogP contribution in [0.5, 0.6) is 0 Å². The van der Waals surface area contributed by atoms with Crippen molar-refractivity contribution in [2.24, 2.45) is 0 Å². The Hall–Kier alpha value is -4.71. The van der Waals surface area contributed by atoms with Gasteiger partial charge in [0.1, 0.15) is 13.2 Å². The van der Waals surface area contributed by atoms with Crippen LogP contribution in [0.4, 0.5) is 0 Å². The maximum Gasteiger partial charge on any atom is 0.306 e. The van der Waals surface area contributed by atoms with Crippen LogP contribution >= 0.6 is 0 Å².